The molecule has 2 aromatic heterocycles. The third-order valence-corrected chi connectivity index (χ3v) is 5.29. The minimum atomic E-state index is -3.30. The molecule has 0 aliphatic carbocycles. The van der Waals surface area contributed by atoms with Crippen LogP contribution in [0.1, 0.15) is 27.4 Å². The van der Waals surface area contributed by atoms with Gasteiger partial charge in [-0.25, -0.2) is 8.42 Å². The zero-order valence-electron chi connectivity index (χ0n) is 13.6. The molecule has 1 amide bonds. The molecule has 0 saturated carbocycles. The summed E-state index contributed by atoms with van der Waals surface area (Å²) >= 11 is 0. The molecular formula is C15H19N5O3S. The van der Waals surface area contributed by atoms with Crippen LogP contribution >= 0.6 is 0 Å². The smallest absolute Gasteiger partial charge is 0.274 e. The maximum absolute atomic E-state index is 12.7. The quantitative estimate of drug-likeness (QED) is 0.861. The van der Waals surface area contributed by atoms with Gasteiger partial charge < -0.3 is 4.90 Å². The molecule has 0 unspecified atom stereocenters. The number of carbonyl (C=O) groups is 1. The Kier molecular flexibility index (Phi) is 4.37. The number of rotatable bonds is 4. The normalized spacial score (nSPS) is 15.1. The van der Waals surface area contributed by atoms with E-state index in [9.17, 15) is 13.2 Å². The molecule has 8 nitrogen and oxygen atoms in total. The summed E-state index contributed by atoms with van der Waals surface area (Å²) in [6.07, 6.45) is 3.37. The summed E-state index contributed by atoms with van der Waals surface area (Å²) in [5.41, 5.74) is 2.53. The van der Waals surface area contributed by atoms with E-state index in [1.54, 1.807) is 13.2 Å². The number of pyridine rings is 1. The summed E-state index contributed by atoms with van der Waals surface area (Å²) in [4.78, 5) is 18.4. The van der Waals surface area contributed by atoms with E-state index in [0.29, 0.717) is 25.1 Å². The largest absolute Gasteiger partial charge is 0.334 e. The monoisotopic (exact) mass is 349 g/mol. The van der Waals surface area contributed by atoms with E-state index >= 15 is 0 Å². The van der Waals surface area contributed by atoms with Gasteiger partial charge in [-0.2, -0.15) is 9.40 Å². The Morgan fingerprint density at radius 2 is 2.21 bits per heavy atom. The lowest BCUT2D eigenvalue weighted by atomic mass is 10.1. The molecule has 2 aromatic rings. The van der Waals surface area contributed by atoms with E-state index in [4.69, 9.17) is 0 Å². The number of carbonyl (C=O) groups excluding carboxylic acids is 1. The molecule has 1 aliphatic heterocycles. The Balaban J connectivity index is 1.81. The van der Waals surface area contributed by atoms with Crippen LogP contribution < -0.4 is 0 Å². The van der Waals surface area contributed by atoms with Crippen LogP contribution in [0.3, 0.4) is 0 Å². The Morgan fingerprint density at radius 1 is 1.42 bits per heavy atom. The number of hydrogen-bond donors (Lipinski definition) is 1. The minimum absolute atomic E-state index is 0.170. The molecule has 0 bridgehead atoms. The second-order valence-electron chi connectivity index (χ2n) is 5.86. The first-order chi connectivity index (χ1) is 11.4. The fraction of sp³-hybridized carbons (Fsp3) is 0.400. The van der Waals surface area contributed by atoms with Crippen molar-refractivity contribution in [2.24, 2.45) is 0 Å². The average molecular weight is 349 g/mol. The molecule has 0 saturated heterocycles. The number of sulfonamides is 1. The van der Waals surface area contributed by atoms with Crippen LogP contribution in [0.5, 0.6) is 0 Å². The van der Waals surface area contributed by atoms with Crippen LogP contribution in [-0.2, 0) is 29.5 Å². The number of fused-ring (bicyclic) bond motifs is 1. The van der Waals surface area contributed by atoms with E-state index in [-0.39, 0.29) is 18.1 Å². The predicted molar refractivity (Wildman–Crippen MR) is 87.6 cm³/mol. The Hall–Kier alpha value is -2.26. The number of nitrogens with one attached hydrogen (secondary N) is 1. The first-order valence-electron chi connectivity index (χ1n) is 7.53. The van der Waals surface area contributed by atoms with Gasteiger partial charge >= 0.3 is 0 Å². The van der Waals surface area contributed by atoms with Gasteiger partial charge in [-0.15, -0.1) is 0 Å². The summed E-state index contributed by atoms with van der Waals surface area (Å²) in [6, 6.07) is 5.52. The Morgan fingerprint density at radius 3 is 2.88 bits per heavy atom. The van der Waals surface area contributed by atoms with E-state index in [1.807, 2.05) is 18.2 Å². The predicted octanol–water partition coefficient (Wildman–Crippen LogP) is 0.395. The zero-order valence-corrected chi connectivity index (χ0v) is 14.4. The number of H-pyrrole nitrogens is 1. The van der Waals surface area contributed by atoms with Crippen molar-refractivity contribution < 1.29 is 13.2 Å². The number of aromatic amines is 1. The molecule has 0 radical (unpaired) electrons. The van der Waals surface area contributed by atoms with Crippen LogP contribution in [0, 0.1) is 0 Å². The summed E-state index contributed by atoms with van der Waals surface area (Å²) in [6.45, 7) is 0.922. The van der Waals surface area contributed by atoms with Crippen LogP contribution in [0.15, 0.2) is 24.4 Å². The van der Waals surface area contributed by atoms with Crippen molar-refractivity contribution in [3.63, 3.8) is 0 Å². The third kappa shape index (κ3) is 3.31. The summed E-state index contributed by atoms with van der Waals surface area (Å²) in [5, 5.41) is 6.98. The fourth-order valence-electron chi connectivity index (χ4n) is 2.72. The van der Waals surface area contributed by atoms with Gasteiger partial charge in [0.25, 0.3) is 5.91 Å². The Bertz CT molecular complexity index is 847. The number of nitrogens with zero attached hydrogens (tertiary/aromatic N) is 4. The molecule has 24 heavy (non-hydrogen) atoms. The minimum Gasteiger partial charge on any atom is -0.334 e. The van der Waals surface area contributed by atoms with Crippen molar-refractivity contribution in [1.29, 1.82) is 0 Å². The molecular weight excluding hydrogens is 330 g/mol. The number of hydrogen-bond acceptors (Lipinski definition) is 5. The van der Waals surface area contributed by atoms with Gasteiger partial charge in [-0.1, -0.05) is 6.07 Å². The SMILES string of the molecule is CN(Cc1ccccn1)C(=O)c1n[nH]c2c1CN(S(C)(=O)=O)CC2. The number of amides is 1. The second kappa shape index (κ2) is 6.33. The zero-order chi connectivity index (χ0) is 17.3. The van der Waals surface area contributed by atoms with Gasteiger partial charge in [0.15, 0.2) is 5.69 Å². The molecule has 0 spiro atoms. The third-order valence-electron chi connectivity index (χ3n) is 4.04. The molecule has 0 fully saturated rings. The van der Waals surface area contributed by atoms with Gasteiger partial charge in [0, 0.05) is 44.0 Å². The molecule has 3 heterocycles. The highest BCUT2D eigenvalue weighted by atomic mass is 32.2. The van der Waals surface area contributed by atoms with Crippen molar-refractivity contribution in [2.75, 3.05) is 19.8 Å². The Labute approximate surface area is 140 Å². The summed E-state index contributed by atoms with van der Waals surface area (Å²) < 4.78 is 24.9. The summed E-state index contributed by atoms with van der Waals surface area (Å²) in [5.74, 6) is -0.256. The average Bonchev–Trinajstić information content (AvgIpc) is 2.97. The highest BCUT2D eigenvalue weighted by molar-refractivity contribution is 7.88. The van der Waals surface area contributed by atoms with Gasteiger partial charge in [-0.3, -0.25) is 14.9 Å². The van der Waals surface area contributed by atoms with Crippen molar-refractivity contribution in [3.05, 3.63) is 47.0 Å². The first-order valence-corrected chi connectivity index (χ1v) is 9.37. The topological polar surface area (TPSA) is 99.3 Å². The van der Waals surface area contributed by atoms with Gasteiger partial charge in [0.1, 0.15) is 0 Å². The van der Waals surface area contributed by atoms with Gasteiger partial charge in [-0.05, 0) is 12.1 Å². The fourth-order valence-corrected chi connectivity index (χ4v) is 3.50. The van der Waals surface area contributed by atoms with Crippen molar-refractivity contribution in [1.82, 2.24) is 24.4 Å². The molecule has 9 heteroatoms. The maximum atomic E-state index is 12.7. The lowest BCUT2D eigenvalue weighted by Crippen LogP contribution is -2.36. The van der Waals surface area contributed by atoms with E-state index in [2.05, 4.69) is 15.2 Å². The maximum Gasteiger partial charge on any atom is 0.274 e. The van der Waals surface area contributed by atoms with Crippen LogP contribution in [0.4, 0.5) is 0 Å². The van der Waals surface area contributed by atoms with E-state index in [1.165, 1.54) is 15.5 Å². The standard InChI is InChI=1S/C15H19N5O3S/c1-19(9-11-5-3-4-7-16-11)15(21)14-12-10-20(24(2,22)23)8-6-13(12)17-18-14/h3-5,7H,6,8-10H2,1-2H3,(H,17,18). The molecule has 0 atom stereocenters. The molecule has 3 rings (SSSR count). The molecule has 1 N–H and O–H groups in total. The van der Waals surface area contributed by atoms with Crippen LogP contribution in [0.25, 0.3) is 0 Å². The van der Waals surface area contributed by atoms with Crippen molar-refractivity contribution >= 4 is 15.9 Å². The molecule has 1 aliphatic rings. The second-order valence-corrected chi connectivity index (χ2v) is 7.84. The van der Waals surface area contributed by atoms with Crippen molar-refractivity contribution in [3.8, 4) is 0 Å². The lowest BCUT2D eigenvalue weighted by molar-refractivity contribution is 0.0775. The van der Waals surface area contributed by atoms with Gasteiger partial charge in [0.05, 0.1) is 18.5 Å². The lowest BCUT2D eigenvalue weighted by Gasteiger charge is -2.25. The molecule has 128 valence electrons. The first kappa shape index (κ1) is 16.6. The highest BCUT2D eigenvalue weighted by Gasteiger charge is 2.30. The molecule has 0 aromatic carbocycles. The summed E-state index contributed by atoms with van der Waals surface area (Å²) in [7, 11) is -1.63. The van der Waals surface area contributed by atoms with E-state index < -0.39 is 10.0 Å². The van der Waals surface area contributed by atoms with Crippen LogP contribution in [-0.4, -0.2) is 58.6 Å². The van der Waals surface area contributed by atoms with Gasteiger partial charge in [0.2, 0.25) is 10.0 Å². The van der Waals surface area contributed by atoms with Crippen LogP contribution in [0.2, 0.25) is 0 Å². The number of aromatic nitrogens is 3. The highest BCUT2D eigenvalue weighted by Crippen LogP contribution is 2.23. The van der Waals surface area contributed by atoms with Crippen molar-refractivity contribution in [2.45, 2.75) is 19.5 Å². The van der Waals surface area contributed by atoms with E-state index in [0.717, 1.165) is 11.4 Å².